The van der Waals surface area contributed by atoms with Crippen LogP contribution in [0.5, 0.6) is 0 Å². The molecule has 0 N–H and O–H groups in total. The Balaban J connectivity index is 2.40. The Morgan fingerprint density at radius 2 is 2.31 bits per heavy atom. The summed E-state index contributed by atoms with van der Waals surface area (Å²) in [6.45, 7) is 5.68. The highest BCUT2D eigenvalue weighted by Gasteiger charge is 2.07. The van der Waals surface area contributed by atoms with Crippen molar-refractivity contribution in [2.75, 3.05) is 5.75 Å². The summed E-state index contributed by atoms with van der Waals surface area (Å²) in [6, 6.07) is 7.55. The minimum atomic E-state index is 0.693. The van der Waals surface area contributed by atoms with Crippen molar-refractivity contribution < 1.29 is 0 Å². The lowest BCUT2D eigenvalue weighted by Crippen LogP contribution is -1.98. The molecule has 0 aliphatic rings. The van der Waals surface area contributed by atoms with Gasteiger partial charge in [-0.05, 0) is 32.0 Å². The number of benzene rings is 1. The highest BCUT2D eigenvalue weighted by molar-refractivity contribution is 7.99. The fourth-order valence-corrected chi connectivity index (χ4v) is 2.07. The van der Waals surface area contributed by atoms with Crippen LogP contribution in [-0.4, -0.2) is 20.5 Å². The maximum absolute atomic E-state index is 5.94. The van der Waals surface area contributed by atoms with E-state index in [0.717, 1.165) is 22.4 Å². The topological polar surface area (TPSA) is 30.7 Å². The van der Waals surface area contributed by atoms with E-state index in [1.165, 1.54) is 11.8 Å². The van der Waals surface area contributed by atoms with Gasteiger partial charge in [-0.15, -0.1) is 5.10 Å². The van der Waals surface area contributed by atoms with Crippen LogP contribution < -0.4 is 0 Å². The van der Waals surface area contributed by atoms with E-state index in [-0.39, 0.29) is 0 Å². The Hall–Kier alpha value is -1.00. The number of aromatic nitrogens is 3. The van der Waals surface area contributed by atoms with Crippen molar-refractivity contribution in [1.29, 1.82) is 0 Å². The first kappa shape index (κ1) is 11.5. The molecule has 0 atom stereocenters. The zero-order valence-corrected chi connectivity index (χ0v) is 10.4. The van der Waals surface area contributed by atoms with E-state index in [0.29, 0.717) is 5.02 Å². The molecule has 0 fully saturated rings. The van der Waals surface area contributed by atoms with Crippen LogP contribution in [0.4, 0.5) is 0 Å². The summed E-state index contributed by atoms with van der Waals surface area (Å²) < 4.78 is 1.78. The molecule has 2 rings (SSSR count). The Labute approximate surface area is 104 Å². The molecule has 0 aliphatic heterocycles. The Morgan fingerprint density at radius 3 is 3.00 bits per heavy atom. The molecular weight excluding hydrogens is 242 g/mol. The van der Waals surface area contributed by atoms with Gasteiger partial charge < -0.3 is 0 Å². The highest BCUT2D eigenvalue weighted by atomic mass is 35.5. The van der Waals surface area contributed by atoms with Crippen molar-refractivity contribution in [3.63, 3.8) is 0 Å². The van der Waals surface area contributed by atoms with Crippen LogP contribution in [0.15, 0.2) is 29.4 Å². The van der Waals surface area contributed by atoms with E-state index in [2.05, 4.69) is 17.0 Å². The van der Waals surface area contributed by atoms with Crippen LogP contribution in [0.2, 0.25) is 5.02 Å². The van der Waals surface area contributed by atoms with Crippen LogP contribution >= 0.6 is 23.4 Å². The van der Waals surface area contributed by atoms with Crippen molar-refractivity contribution in [2.24, 2.45) is 0 Å². The van der Waals surface area contributed by atoms with Gasteiger partial charge in [0.1, 0.15) is 5.82 Å². The number of nitrogens with zero attached hydrogens (tertiary/aromatic N) is 3. The molecule has 2 aromatic rings. The van der Waals surface area contributed by atoms with Crippen molar-refractivity contribution >= 4 is 23.4 Å². The number of aryl methyl sites for hydroxylation is 1. The summed E-state index contributed by atoms with van der Waals surface area (Å²) in [7, 11) is 0. The molecule has 0 spiro atoms. The van der Waals surface area contributed by atoms with Gasteiger partial charge in [-0.1, -0.05) is 29.4 Å². The molecule has 1 radical (unpaired) electrons. The van der Waals surface area contributed by atoms with Gasteiger partial charge in [0.05, 0.1) is 5.69 Å². The second kappa shape index (κ2) is 4.89. The smallest absolute Gasteiger partial charge is 0.209 e. The molecular formula is C11H11ClN3S. The van der Waals surface area contributed by atoms with E-state index >= 15 is 0 Å². The lowest BCUT2D eigenvalue weighted by molar-refractivity contribution is 0.813. The van der Waals surface area contributed by atoms with Crippen LogP contribution in [0, 0.1) is 13.8 Å². The molecule has 1 heterocycles. The molecule has 83 valence electrons. The third kappa shape index (κ3) is 2.39. The first-order valence-electron chi connectivity index (χ1n) is 4.82. The van der Waals surface area contributed by atoms with E-state index in [9.17, 15) is 0 Å². The number of hydrogen-bond acceptors (Lipinski definition) is 3. The lowest BCUT2D eigenvalue weighted by Gasteiger charge is -2.02. The van der Waals surface area contributed by atoms with Crippen molar-refractivity contribution in [3.8, 4) is 5.69 Å². The number of hydrogen-bond donors (Lipinski definition) is 0. The summed E-state index contributed by atoms with van der Waals surface area (Å²) in [5.74, 6) is 1.57. The fourth-order valence-electron chi connectivity index (χ4n) is 1.37. The molecule has 5 heteroatoms. The fraction of sp³-hybridized carbons (Fsp3) is 0.182. The minimum Gasteiger partial charge on any atom is -0.217 e. The van der Waals surface area contributed by atoms with Gasteiger partial charge in [-0.25, -0.2) is 9.67 Å². The third-order valence-electron chi connectivity index (χ3n) is 2.03. The van der Waals surface area contributed by atoms with Crippen LogP contribution in [-0.2, 0) is 0 Å². The highest BCUT2D eigenvalue weighted by Crippen LogP contribution is 2.18. The van der Waals surface area contributed by atoms with Crippen molar-refractivity contribution in [1.82, 2.24) is 14.8 Å². The predicted octanol–water partition coefficient (Wildman–Crippen LogP) is 3.16. The Morgan fingerprint density at radius 1 is 1.50 bits per heavy atom. The normalized spacial score (nSPS) is 10.7. The molecule has 1 aromatic carbocycles. The van der Waals surface area contributed by atoms with E-state index in [4.69, 9.17) is 11.6 Å². The third-order valence-corrected chi connectivity index (χ3v) is 2.90. The maximum Gasteiger partial charge on any atom is 0.209 e. The number of thioether (sulfide) groups is 1. The van der Waals surface area contributed by atoms with Gasteiger partial charge in [0.15, 0.2) is 0 Å². The van der Waals surface area contributed by atoms with Crippen LogP contribution in [0.25, 0.3) is 5.69 Å². The summed E-state index contributed by atoms with van der Waals surface area (Å²) in [4.78, 5) is 4.34. The van der Waals surface area contributed by atoms with E-state index in [1.807, 2.05) is 31.2 Å². The second-order valence-corrected chi connectivity index (χ2v) is 4.68. The minimum absolute atomic E-state index is 0.693. The molecule has 0 bridgehead atoms. The Kier molecular flexibility index (Phi) is 3.51. The van der Waals surface area contributed by atoms with Gasteiger partial charge >= 0.3 is 0 Å². The van der Waals surface area contributed by atoms with Crippen LogP contribution in [0.1, 0.15) is 5.82 Å². The van der Waals surface area contributed by atoms with Crippen LogP contribution in [0.3, 0.4) is 0 Å². The first-order chi connectivity index (χ1) is 7.70. The first-order valence-corrected chi connectivity index (χ1v) is 6.18. The average Bonchev–Trinajstić information content (AvgIpc) is 2.60. The van der Waals surface area contributed by atoms with E-state index in [1.54, 1.807) is 4.68 Å². The standard InChI is InChI=1S/C11H11ClN3S/c1-3-16-11-13-8(2)15(14-11)10-6-4-5-9(12)7-10/h4-7H,1,3H2,2H3. The summed E-state index contributed by atoms with van der Waals surface area (Å²) in [5, 5.41) is 5.82. The zero-order valence-electron chi connectivity index (χ0n) is 8.85. The van der Waals surface area contributed by atoms with Gasteiger partial charge in [-0.3, -0.25) is 0 Å². The molecule has 0 unspecified atom stereocenters. The summed E-state index contributed by atoms with van der Waals surface area (Å²) in [5.41, 5.74) is 0.924. The predicted molar refractivity (Wildman–Crippen MR) is 67.2 cm³/mol. The quantitative estimate of drug-likeness (QED) is 0.787. The summed E-state index contributed by atoms with van der Waals surface area (Å²) >= 11 is 7.46. The largest absolute Gasteiger partial charge is 0.217 e. The lowest BCUT2D eigenvalue weighted by atomic mass is 10.3. The molecule has 0 saturated heterocycles. The monoisotopic (exact) mass is 252 g/mol. The van der Waals surface area contributed by atoms with Gasteiger partial charge in [0.25, 0.3) is 0 Å². The second-order valence-electron chi connectivity index (χ2n) is 3.18. The van der Waals surface area contributed by atoms with Gasteiger partial charge in [0.2, 0.25) is 5.16 Å². The maximum atomic E-state index is 5.94. The number of halogens is 1. The molecule has 16 heavy (non-hydrogen) atoms. The van der Waals surface area contributed by atoms with Crippen molar-refractivity contribution in [2.45, 2.75) is 12.1 Å². The van der Waals surface area contributed by atoms with Crippen molar-refractivity contribution in [3.05, 3.63) is 42.0 Å². The zero-order chi connectivity index (χ0) is 11.5. The average molecular weight is 253 g/mol. The van der Waals surface area contributed by atoms with E-state index < -0.39 is 0 Å². The molecule has 1 aromatic heterocycles. The molecule has 0 saturated carbocycles. The van der Waals surface area contributed by atoms with Gasteiger partial charge in [0, 0.05) is 10.8 Å². The SMILES string of the molecule is [CH2]CSc1nc(C)n(-c2cccc(Cl)c2)n1. The van der Waals surface area contributed by atoms with Gasteiger partial charge in [-0.2, -0.15) is 0 Å². The number of rotatable bonds is 3. The molecule has 0 amide bonds. The Bertz CT molecular complexity index is 496. The summed E-state index contributed by atoms with van der Waals surface area (Å²) in [6.07, 6.45) is 0. The molecule has 0 aliphatic carbocycles. The molecule has 3 nitrogen and oxygen atoms in total.